The van der Waals surface area contributed by atoms with E-state index < -0.39 is 18.1 Å². The highest BCUT2D eigenvalue weighted by atomic mass is 16.4. The number of hydrogen-bond donors (Lipinski definition) is 4. The maximum Gasteiger partial charge on any atom is 0.326 e. The number of aryl methyl sites for hydroxylation is 1. The average molecular weight is 434 g/mol. The van der Waals surface area contributed by atoms with E-state index in [1.165, 1.54) is 0 Å². The minimum atomic E-state index is -1.03. The summed E-state index contributed by atoms with van der Waals surface area (Å²) in [6, 6.07) is 22.5. The molecule has 0 aliphatic rings. The third kappa shape index (κ3) is 6.90. The van der Waals surface area contributed by atoms with E-state index in [1.54, 1.807) is 0 Å². The Kier molecular flexibility index (Phi) is 8.78. The Hall–Kier alpha value is -3.22. The molecule has 0 unspecified atom stereocenters. The normalized spacial score (nSPS) is 12.9. The highest BCUT2D eigenvalue weighted by Gasteiger charge is 2.24. The third-order valence-corrected chi connectivity index (χ3v) is 5.56. The van der Waals surface area contributed by atoms with Gasteiger partial charge in [0.25, 0.3) is 0 Å². The zero-order valence-electron chi connectivity index (χ0n) is 18.2. The van der Waals surface area contributed by atoms with Gasteiger partial charge in [0.2, 0.25) is 5.91 Å². The molecule has 0 fully saturated rings. The van der Waals surface area contributed by atoms with Gasteiger partial charge >= 0.3 is 5.97 Å². The molecule has 0 aromatic heterocycles. The topological polar surface area (TPSA) is 104 Å². The molecule has 0 aliphatic heterocycles. The number of benzene rings is 3. The number of rotatable bonds is 12. The van der Waals surface area contributed by atoms with Gasteiger partial charge in [0.1, 0.15) is 6.04 Å². The Bertz CT molecular complexity index is 1020. The lowest BCUT2D eigenvalue weighted by Gasteiger charge is -2.22. The van der Waals surface area contributed by atoms with Crippen molar-refractivity contribution in [2.45, 2.75) is 44.3 Å². The van der Waals surface area contributed by atoms with E-state index in [9.17, 15) is 14.7 Å². The van der Waals surface area contributed by atoms with Gasteiger partial charge in [-0.05, 0) is 60.2 Å². The summed E-state index contributed by atoms with van der Waals surface area (Å²) in [5, 5.41) is 17.9. The lowest BCUT2D eigenvalue weighted by Crippen LogP contribution is -2.50. The quantitative estimate of drug-likeness (QED) is 0.351. The first-order chi connectivity index (χ1) is 15.6. The Labute approximate surface area is 188 Å². The molecular formula is C26H31N3O3. The van der Waals surface area contributed by atoms with Crippen LogP contribution in [0.25, 0.3) is 10.8 Å². The summed E-state index contributed by atoms with van der Waals surface area (Å²) in [5.74, 6) is -1.33. The second-order valence-corrected chi connectivity index (χ2v) is 7.97. The van der Waals surface area contributed by atoms with Gasteiger partial charge in [0.05, 0.1) is 6.04 Å². The monoisotopic (exact) mass is 433 g/mol. The largest absolute Gasteiger partial charge is 0.480 e. The molecule has 0 aliphatic carbocycles. The molecule has 32 heavy (non-hydrogen) atoms. The van der Waals surface area contributed by atoms with Crippen LogP contribution in [0.4, 0.5) is 0 Å². The van der Waals surface area contributed by atoms with Crippen LogP contribution in [-0.4, -0.2) is 35.6 Å². The summed E-state index contributed by atoms with van der Waals surface area (Å²) in [7, 11) is 0. The molecular weight excluding hydrogens is 402 g/mol. The summed E-state index contributed by atoms with van der Waals surface area (Å²) in [4.78, 5) is 24.7. The zero-order chi connectivity index (χ0) is 22.8. The number of hydrogen-bond acceptors (Lipinski definition) is 4. The Morgan fingerprint density at radius 3 is 2.28 bits per heavy atom. The predicted octanol–water partition coefficient (Wildman–Crippen LogP) is 3.24. The van der Waals surface area contributed by atoms with Crippen molar-refractivity contribution in [3.05, 3.63) is 83.9 Å². The lowest BCUT2D eigenvalue weighted by molar-refractivity contribution is -0.142. The Morgan fingerprint density at radius 1 is 0.844 bits per heavy atom. The van der Waals surface area contributed by atoms with E-state index in [0.717, 1.165) is 21.9 Å². The number of aliphatic carboxylic acids is 1. The van der Waals surface area contributed by atoms with Crippen LogP contribution < -0.4 is 16.4 Å². The zero-order valence-corrected chi connectivity index (χ0v) is 18.2. The van der Waals surface area contributed by atoms with Crippen LogP contribution in [0.1, 0.15) is 30.4 Å². The van der Waals surface area contributed by atoms with Gasteiger partial charge in [0, 0.05) is 6.54 Å². The molecule has 2 atom stereocenters. The fourth-order valence-electron chi connectivity index (χ4n) is 3.72. The minimum Gasteiger partial charge on any atom is -0.480 e. The van der Waals surface area contributed by atoms with Gasteiger partial charge in [0.15, 0.2) is 0 Å². The van der Waals surface area contributed by atoms with E-state index in [0.29, 0.717) is 38.8 Å². The molecule has 0 bridgehead atoms. The fourth-order valence-corrected chi connectivity index (χ4v) is 3.72. The van der Waals surface area contributed by atoms with Crippen molar-refractivity contribution < 1.29 is 14.7 Å². The number of carbonyl (C=O) groups excluding carboxylic acids is 1. The highest BCUT2D eigenvalue weighted by Crippen LogP contribution is 2.16. The summed E-state index contributed by atoms with van der Waals surface area (Å²) < 4.78 is 0. The number of carbonyl (C=O) groups is 2. The third-order valence-electron chi connectivity index (χ3n) is 5.56. The molecule has 3 aromatic rings. The molecule has 0 radical (unpaired) electrons. The van der Waals surface area contributed by atoms with Crippen molar-refractivity contribution in [1.82, 2.24) is 10.6 Å². The predicted molar refractivity (Wildman–Crippen MR) is 127 cm³/mol. The molecule has 168 valence electrons. The van der Waals surface area contributed by atoms with E-state index >= 15 is 0 Å². The van der Waals surface area contributed by atoms with E-state index in [1.807, 2.05) is 48.5 Å². The summed E-state index contributed by atoms with van der Waals surface area (Å²) >= 11 is 0. The molecule has 3 rings (SSSR count). The van der Waals surface area contributed by atoms with Crippen LogP contribution in [0.3, 0.4) is 0 Å². The van der Waals surface area contributed by atoms with Crippen molar-refractivity contribution in [1.29, 1.82) is 0 Å². The maximum absolute atomic E-state index is 12.9. The van der Waals surface area contributed by atoms with Crippen LogP contribution >= 0.6 is 0 Å². The Balaban J connectivity index is 1.61. The molecule has 0 heterocycles. The Morgan fingerprint density at radius 2 is 1.56 bits per heavy atom. The van der Waals surface area contributed by atoms with Gasteiger partial charge in [-0.1, -0.05) is 66.7 Å². The van der Waals surface area contributed by atoms with Crippen LogP contribution in [0.2, 0.25) is 0 Å². The van der Waals surface area contributed by atoms with Gasteiger partial charge in [-0.3, -0.25) is 4.79 Å². The summed E-state index contributed by atoms with van der Waals surface area (Å²) in [6.07, 6.45) is 2.13. The summed E-state index contributed by atoms with van der Waals surface area (Å²) in [5.41, 5.74) is 7.76. The first-order valence-electron chi connectivity index (χ1n) is 11.0. The highest BCUT2D eigenvalue weighted by molar-refractivity contribution is 5.87. The first-order valence-corrected chi connectivity index (χ1v) is 11.0. The van der Waals surface area contributed by atoms with Crippen LogP contribution in [0, 0.1) is 0 Å². The van der Waals surface area contributed by atoms with Crippen molar-refractivity contribution in [2.24, 2.45) is 5.73 Å². The second kappa shape index (κ2) is 12.0. The van der Waals surface area contributed by atoms with Crippen molar-refractivity contribution >= 4 is 22.6 Å². The molecule has 3 aromatic carbocycles. The van der Waals surface area contributed by atoms with E-state index in [-0.39, 0.29) is 5.91 Å². The average Bonchev–Trinajstić information content (AvgIpc) is 2.82. The van der Waals surface area contributed by atoms with E-state index in [4.69, 9.17) is 5.73 Å². The molecule has 0 spiro atoms. The lowest BCUT2D eigenvalue weighted by atomic mass is 10.0. The van der Waals surface area contributed by atoms with Gasteiger partial charge in [-0.2, -0.15) is 0 Å². The molecule has 6 heteroatoms. The van der Waals surface area contributed by atoms with Crippen LogP contribution in [0.5, 0.6) is 0 Å². The number of carboxylic acids is 1. The number of carboxylic acid groups (broad SMARTS) is 1. The maximum atomic E-state index is 12.9. The van der Waals surface area contributed by atoms with Crippen molar-refractivity contribution in [2.75, 3.05) is 6.54 Å². The summed E-state index contributed by atoms with van der Waals surface area (Å²) in [6.45, 7) is 0.979. The van der Waals surface area contributed by atoms with Crippen molar-refractivity contribution in [3.63, 3.8) is 0 Å². The molecule has 1 amide bonds. The number of fused-ring (bicyclic) bond motifs is 1. The number of nitrogens with one attached hydrogen (secondary N) is 2. The molecule has 6 nitrogen and oxygen atoms in total. The smallest absolute Gasteiger partial charge is 0.326 e. The number of nitrogens with two attached hydrogens (primary N) is 1. The van der Waals surface area contributed by atoms with Crippen LogP contribution in [-0.2, 0) is 22.6 Å². The van der Waals surface area contributed by atoms with Crippen molar-refractivity contribution in [3.8, 4) is 0 Å². The van der Waals surface area contributed by atoms with Gasteiger partial charge < -0.3 is 21.5 Å². The van der Waals surface area contributed by atoms with Gasteiger partial charge in [-0.15, -0.1) is 0 Å². The molecule has 5 N–H and O–H groups in total. The standard InChI is InChI=1S/C26H31N3O3/c27-16-6-11-23(28-18-20-12-14-21-9-4-5-10-22(21)17-20)25(30)29-24(26(31)32)15-13-19-7-2-1-3-8-19/h1-5,7-10,12,14,17,23-24,28H,6,11,13,15-16,18,27H2,(H,29,30)(H,31,32)/t23-,24-/m0/s1. The fraction of sp³-hybridized carbons (Fsp3) is 0.308. The van der Waals surface area contributed by atoms with Gasteiger partial charge in [-0.25, -0.2) is 4.79 Å². The molecule has 0 saturated heterocycles. The van der Waals surface area contributed by atoms with Crippen LogP contribution in [0.15, 0.2) is 72.8 Å². The first kappa shape index (κ1) is 23.4. The van der Waals surface area contributed by atoms with E-state index in [2.05, 4.69) is 34.9 Å². The number of amides is 1. The molecule has 0 saturated carbocycles. The second-order valence-electron chi connectivity index (χ2n) is 7.97. The minimum absolute atomic E-state index is 0.306. The SMILES string of the molecule is NCCC[C@H](NCc1ccc2ccccc2c1)C(=O)N[C@@H](CCc1ccccc1)C(=O)O.